The second-order valence-corrected chi connectivity index (χ2v) is 6.21. The van der Waals surface area contributed by atoms with Gasteiger partial charge in [-0.2, -0.15) is 0 Å². The summed E-state index contributed by atoms with van der Waals surface area (Å²) < 4.78 is 0. The standard InChI is InChI=1S/C23H20N2/c1-17-24-22(19-11-6-3-7-12-19)16-23(25-17)21-14-8-13-20(15-21)18-9-4-2-5-10-18/h2-17,24H,1H3. The number of rotatable bonds is 3. The smallest absolute Gasteiger partial charge is 0.116 e. The van der Waals surface area contributed by atoms with Crippen LogP contribution in [0.2, 0.25) is 0 Å². The Hall–Kier alpha value is -3.13. The fraction of sp³-hybridized carbons (Fsp3) is 0.0870. The predicted molar refractivity (Wildman–Crippen MR) is 105 cm³/mol. The molecule has 2 nitrogen and oxygen atoms in total. The van der Waals surface area contributed by atoms with Gasteiger partial charge in [-0.1, -0.05) is 78.9 Å². The zero-order valence-corrected chi connectivity index (χ0v) is 14.2. The van der Waals surface area contributed by atoms with Crippen LogP contribution in [0.1, 0.15) is 18.1 Å². The van der Waals surface area contributed by atoms with E-state index >= 15 is 0 Å². The van der Waals surface area contributed by atoms with Crippen molar-refractivity contribution in [3.05, 3.63) is 102 Å². The van der Waals surface area contributed by atoms with E-state index in [2.05, 4.69) is 91.1 Å². The molecule has 1 heterocycles. The molecule has 0 bridgehead atoms. The Morgan fingerprint density at radius 3 is 2.00 bits per heavy atom. The number of allylic oxidation sites excluding steroid dienone is 1. The highest BCUT2D eigenvalue weighted by molar-refractivity contribution is 6.13. The molecule has 1 atom stereocenters. The van der Waals surface area contributed by atoms with Crippen LogP contribution in [-0.4, -0.2) is 11.9 Å². The predicted octanol–water partition coefficient (Wildman–Crippen LogP) is 5.13. The molecule has 1 aliphatic rings. The van der Waals surface area contributed by atoms with Crippen molar-refractivity contribution in [1.29, 1.82) is 0 Å². The van der Waals surface area contributed by atoms with Crippen LogP contribution in [-0.2, 0) is 0 Å². The van der Waals surface area contributed by atoms with Crippen molar-refractivity contribution in [2.75, 3.05) is 0 Å². The van der Waals surface area contributed by atoms with Gasteiger partial charge in [0.05, 0.1) is 5.71 Å². The molecule has 3 aromatic rings. The highest BCUT2D eigenvalue weighted by atomic mass is 15.1. The quantitative estimate of drug-likeness (QED) is 0.709. The van der Waals surface area contributed by atoms with Crippen LogP contribution in [0.5, 0.6) is 0 Å². The van der Waals surface area contributed by atoms with Crippen LogP contribution in [0.15, 0.2) is 96.0 Å². The normalized spacial score (nSPS) is 16.6. The molecule has 1 unspecified atom stereocenters. The Bertz CT molecular complexity index is 925. The van der Waals surface area contributed by atoms with E-state index < -0.39 is 0 Å². The molecule has 0 amide bonds. The molecule has 0 fully saturated rings. The lowest BCUT2D eigenvalue weighted by molar-refractivity contribution is 0.681. The Morgan fingerprint density at radius 1 is 0.680 bits per heavy atom. The highest BCUT2D eigenvalue weighted by Crippen LogP contribution is 2.23. The molecule has 0 saturated carbocycles. The van der Waals surface area contributed by atoms with Crippen molar-refractivity contribution in [2.24, 2.45) is 4.99 Å². The van der Waals surface area contributed by atoms with Gasteiger partial charge in [0.15, 0.2) is 0 Å². The first-order chi connectivity index (χ1) is 12.3. The summed E-state index contributed by atoms with van der Waals surface area (Å²) in [6.45, 7) is 2.08. The van der Waals surface area contributed by atoms with E-state index in [0.717, 1.165) is 17.0 Å². The van der Waals surface area contributed by atoms with Gasteiger partial charge >= 0.3 is 0 Å². The van der Waals surface area contributed by atoms with Crippen molar-refractivity contribution >= 4 is 11.4 Å². The molecule has 2 heteroatoms. The van der Waals surface area contributed by atoms with E-state index in [1.165, 1.54) is 16.7 Å². The lowest BCUT2D eigenvalue weighted by Gasteiger charge is -2.22. The number of nitrogens with zero attached hydrogens (tertiary/aromatic N) is 1. The summed E-state index contributed by atoms with van der Waals surface area (Å²) in [4.78, 5) is 4.79. The SMILES string of the molecule is CC1N=C(c2cccc(-c3ccccc3)c2)C=C(c2ccccc2)N1. The van der Waals surface area contributed by atoms with E-state index in [0.29, 0.717) is 0 Å². The Morgan fingerprint density at radius 2 is 1.28 bits per heavy atom. The molecular formula is C23H20N2. The topological polar surface area (TPSA) is 24.4 Å². The first-order valence-corrected chi connectivity index (χ1v) is 8.57. The molecule has 25 heavy (non-hydrogen) atoms. The maximum atomic E-state index is 4.79. The third kappa shape index (κ3) is 3.38. The van der Waals surface area contributed by atoms with Gasteiger partial charge in [0.1, 0.15) is 6.17 Å². The van der Waals surface area contributed by atoms with Crippen molar-refractivity contribution in [3.63, 3.8) is 0 Å². The summed E-state index contributed by atoms with van der Waals surface area (Å²) in [5.74, 6) is 0. The first kappa shape index (κ1) is 15.4. The average Bonchev–Trinajstić information content (AvgIpc) is 2.69. The van der Waals surface area contributed by atoms with Crippen molar-refractivity contribution in [1.82, 2.24) is 5.32 Å². The molecule has 0 saturated heterocycles. The summed E-state index contributed by atoms with van der Waals surface area (Å²) in [5.41, 5.74) is 6.89. The molecule has 3 aromatic carbocycles. The molecule has 122 valence electrons. The molecule has 0 spiro atoms. The maximum Gasteiger partial charge on any atom is 0.116 e. The van der Waals surface area contributed by atoms with Gasteiger partial charge < -0.3 is 5.32 Å². The molecule has 0 radical (unpaired) electrons. The summed E-state index contributed by atoms with van der Waals surface area (Å²) in [6, 6.07) is 29.4. The van der Waals surface area contributed by atoms with Crippen LogP contribution in [0.25, 0.3) is 16.8 Å². The van der Waals surface area contributed by atoms with Gasteiger partial charge in [-0.3, -0.25) is 4.99 Å². The van der Waals surface area contributed by atoms with Crippen molar-refractivity contribution < 1.29 is 0 Å². The van der Waals surface area contributed by atoms with Gasteiger partial charge in [-0.15, -0.1) is 0 Å². The van der Waals surface area contributed by atoms with E-state index in [9.17, 15) is 0 Å². The lowest BCUT2D eigenvalue weighted by atomic mass is 9.99. The average molecular weight is 324 g/mol. The Balaban J connectivity index is 1.73. The highest BCUT2D eigenvalue weighted by Gasteiger charge is 2.14. The summed E-state index contributed by atoms with van der Waals surface area (Å²) in [6.07, 6.45) is 2.19. The van der Waals surface area contributed by atoms with E-state index in [-0.39, 0.29) is 6.17 Å². The second kappa shape index (κ2) is 6.78. The van der Waals surface area contributed by atoms with Crippen LogP contribution in [0, 0.1) is 0 Å². The van der Waals surface area contributed by atoms with Gasteiger partial charge in [-0.25, -0.2) is 0 Å². The number of benzene rings is 3. The van der Waals surface area contributed by atoms with Crippen LogP contribution in [0.3, 0.4) is 0 Å². The number of nitrogens with one attached hydrogen (secondary N) is 1. The molecule has 1 aliphatic heterocycles. The summed E-state index contributed by atoms with van der Waals surface area (Å²) in [5, 5.41) is 3.45. The monoisotopic (exact) mass is 324 g/mol. The van der Waals surface area contributed by atoms with Gasteiger partial charge in [0, 0.05) is 11.3 Å². The minimum atomic E-state index is 0.0515. The largest absolute Gasteiger partial charge is 0.363 e. The van der Waals surface area contributed by atoms with Crippen LogP contribution >= 0.6 is 0 Å². The molecule has 0 aromatic heterocycles. The molecule has 4 rings (SSSR count). The van der Waals surface area contributed by atoms with E-state index in [1.807, 2.05) is 12.1 Å². The summed E-state index contributed by atoms with van der Waals surface area (Å²) >= 11 is 0. The van der Waals surface area contributed by atoms with E-state index in [4.69, 9.17) is 4.99 Å². The lowest BCUT2D eigenvalue weighted by Crippen LogP contribution is -2.28. The van der Waals surface area contributed by atoms with Crippen molar-refractivity contribution in [3.8, 4) is 11.1 Å². The third-order valence-electron chi connectivity index (χ3n) is 4.33. The fourth-order valence-electron chi connectivity index (χ4n) is 3.11. The van der Waals surface area contributed by atoms with E-state index in [1.54, 1.807) is 0 Å². The first-order valence-electron chi connectivity index (χ1n) is 8.57. The minimum absolute atomic E-state index is 0.0515. The summed E-state index contributed by atoms with van der Waals surface area (Å²) in [7, 11) is 0. The number of hydrogen-bond acceptors (Lipinski definition) is 2. The molecular weight excluding hydrogens is 304 g/mol. The Kier molecular flexibility index (Phi) is 4.17. The minimum Gasteiger partial charge on any atom is -0.363 e. The molecule has 1 N–H and O–H groups in total. The van der Waals surface area contributed by atoms with Gasteiger partial charge in [-0.05, 0) is 35.8 Å². The zero-order valence-electron chi connectivity index (χ0n) is 14.2. The number of aliphatic imine (C=N–C) groups is 1. The zero-order chi connectivity index (χ0) is 17.1. The third-order valence-corrected chi connectivity index (χ3v) is 4.33. The van der Waals surface area contributed by atoms with Crippen LogP contribution in [0.4, 0.5) is 0 Å². The molecule has 0 aliphatic carbocycles. The maximum absolute atomic E-state index is 4.79. The number of hydrogen-bond donors (Lipinski definition) is 1. The van der Waals surface area contributed by atoms with Gasteiger partial charge in [0.25, 0.3) is 0 Å². The van der Waals surface area contributed by atoms with Crippen LogP contribution < -0.4 is 5.32 Å². The second-order valence-electron chi connectivity index (χ2n) is 6.21. The fourth-order valence-corrected chi connectivity index (χ4v) is 3.11. The van der Waals surface area contributed by atoms with Crippen molar-refractivity contribution in [2.45, 2.75) is 13.1 Å². The van der Waals surface area contributed by atoms with Gasteiger partial charge in [0.2, 0.25) is 0 Å². The Labute approximate surface area is 148 Å².